The van der Waals surface area contributed by atoms with Crippen LogP contribution in [0.5, 0.6) is 0 Å². The molecule has 4 N–H and O–H groups in total. The lowest BCUT2D eigenvalue weighted by molar-refractivity contribution is 0.256. The van der Waals surface area contributed by atoms with Gasteiger partial charge in [0, 0.05) is 24.8 Å². The SMILES string of the molecule is CC1CC(CN)CN1Cc1cccc(N)c1. The van der Waals surface area contributed by atoms with Crippen LogP contribution in [0, 0.1) is 5.92 Å². The Morgan fingerprint density at radius 3 is 2.88 bits per heavy atom. The molecule has 1 aliphatic heterocycles. The maximum absolute atomic E-state index is 5.78. The second-order valence-electron chi connectivity index (χ2n) is 4.86. The molecular weight excluding hydrogens is 198 g/mol. The Kier molecular flexibility index (Phi) is 3.46. The van der Waals surface area contributed by atoms with Crippen molar-refractivity contribution < 1.29 is 0 Å². The van der Waals surface area contributed by atoms with Gasteiger partial charge < -0.3 is 11.5 Å². The van der Waals surface area contributed by atoms with Gasteiger partial charge in [0.2, 0.25) is 0 Å². The molecule has 88 valence electrons. The van der Waals surface area contributed by atoms with Gasteiger partial charge in [-0.15, -0.1) is 0 Å². The van der Waals surface area contributed by atoms with E-state index in [1.54, 1.807) is 0 Å². The number of benzene rings is 1. The topological polar surface area (TPSA) is 55.3 Å². The first-order valence-corrected chi connectivity index (χ1v) is 5.97. The van der Waals surface area contributed by atoms with E-state index in [-0.39, 0.29) is 0 Å². The van der Waals surface area contributed by atoms with Crippen molar-refractivity contribution in [3.05, 3.63) is 29.8 Å². The highest BCUT2D eigenvalue weighted by Gasteiger charge is 2.27. The van der Waals surface area contributed by atoms with Crippen molar-refractivity contribution in [1.29, 1.82) is 0 Å². The first-order chi connectivity index (χ1) is 7.69. The molecule has 0 radical (unpaired) electrons. The van der Waals surface area contributed by atoms with Crippen molar-refractivity contribution in [2.75, 3.05) is 18.8 Å². The average molecular weight is 219 g/mol. The number of hydrogen-bond donors (Lipinski definition) is 2. The summed E-state index contributed by atoms with van der Waals surface area (Å²) >= 11 is 0. The third kappa shape index (κ3) is 2.54. The number of rotatable bonds is 3. The van der Waals surface area contributed by atoms with E-state index in [4.69, 9.17) is 11.5 Å². The molecule has 3 nitrogen and oxygen atoms in total. The van der Waals surface area contributed by atoms with E-state index < -0.39 is 0 Å². The molecule has 2 unspecified atom stereocenters. The molecule has 1 aliphatic rings. The quantitative estimate of drug-likeness (QED) is 0.756. The summed E-state index contributed by atoms with van der Waals surface area (Å²) in [7, 11) is 0. The first-order valence-electron chi connectivity index (χ1n) is 5.97. The van der Waals surface area contributed by atoms with Crippen molar-refractivity contribution in [2.24, 2.45) is 11.7 Å². The van der Waals surface area contributed by atoms with E-state index in [1.165, 1.54) is 12.0 Å². The second-order valence-corrected chi connectivity index (χ2v) is 4.86. The monoisotopic (exact) mass is 219 g/mol. The number of nitrogens with zero attached hydrogens (tertiary/aromatic N) is 1. The minimum Gasteiger partial charge on any atom is -0.399 e. The van der Waals surface area contributed by atoms with Gasteiger partial charge in [-0.1, -0.05) is 12.1 Å². The van der Waals surface area contributed by atoms with Gasteiger partial charge in [0.1, 0.15) is 0 Å². The van der Waals surface area contributed by atoms with Crippen molar-refractivity contribution in [2.45, 2.75) is 25.9 Å². The van der Waals surface area contributed by atoms with Crippen LogP contribution in [0.15, 0.2) is 24.3 Å². The summed E-state index contributed by atoms with van der Waals surface area (Å²) in [5.41, 5.74) is 13.7. The molecule has 16 heavy (non-hydrogen) atoms. The smallest absolute Gasteiger partial charge is 0.0317 e. The second kappa shape index (κ2) is 4.85. The number of hydrogen-bond acceptors (Lipinski definition) is 3. The molecule has 1 aromatic carbocycles. The fourth-order valence-electron chi connectivity index (χ4n) is 2.53. The van der Waals surface area contributed by atoms with E-state index in [1.807, 2.05) is 12.1 Å². The average Bonchev–Trinajstić information content (AvgIpc) is 2.60. The van der Waals surface area contributed by atoms with Crippen molar-refractivity contribution in [3.63, 3.8) is 0 Å². The molecule has 0 saturated carbocycles. The van der Waals surface area contributed by atoms with Crippen LogP contribution < -0.4 is 11.5 Å². The van der Waals surface area contributed by atoms with Gasteiger partial charge in [-0.05, 0) is 43.5 Å². The van der Waals surface area contributed by atoms with Crippen molar-refractivity contribution in [3.8, 4) is 0 Å². The summed E-state index contributed by atoms with van der Waals surface area (Å²) < 4.78 is 0. The minimum absolute atomic E-state index is 0.634. The van der Waals surface area contributed by atoms with Crippen molar-refractivity contribution in [1.82, 2.24) is 4.90 Å². The van der Waals surface area contributed by atoms with Crippen molar-refractivity contribution >= 4 is 5.69 Å². The third-order valence-electron chi connectivity index (χ3n) is 3.46. The zero-order chi connectivity index (χ0) is 11.5. The molecule has 3 heteroatoms. The normalized spacial score (nSPS) is 26.1. The highest BCUT2D eigenvalue weighted by molar-refractivity contribution is 5.40. The molecule has 1 saturated heterocycles. The molecule has 2 atom stereocenters. The summed E-state index contributed by atoms with van der Waals surface area (Å²) in [4.78, 5) is 2.49. The summed E-state index contributed by atoms with van der Waals surface area (Å²) in [6.45, 7) is 5.19. The first kappa shape index (κ1) is 11.4. The molecule has 1 aromatic rings. The van der Waals surface area contributed by atoms with Crippen LogP contribution in [0.25, 0.3) is 0 Å². The van der Waals surface area contributed by atoms with Gasteiger partial charge in [0.25, 0.3) is 0 Å². The van der Waals surface area contributed by atoms with E-state index in [0.717, 1.165) is 25.3 Å². The van der Waals surface area contributed by atoms with Gasteiger partial charge >= 0.3 is 0 Å². The molecular formula is C13H21N3. The summed E-state index contributed by atoms with van der Waals surface area (Å²) in [5, 5.41) is 0. The van der Waals surface area contributed by atoms with Crippen LogP contribution in [0.4, 0.5) is 5.69 Å². The Morgan fingerprint density at radius 1 is 1.44 bits per heavy atom. The van der Waals surface area contributed by atoms with E-state index in [9.17, 15) is 0 Å². The summed E-state index contributed by atoms with van der Waals surface area (Å²) in [6, 6.07) is 8.78. The van der Waals surface area contributed by atoms with Gasteiger partial charge in [-0.2, -0.15) is 0 Å². The zero-order valence-corrected chi connectivity index (χ0v) is 9.89. The van der Waals surface area contributed by atoms with Crippen LogP contribution in [0.2, 0.25) is 0 Å². The predicted octanol–water partition coefficient (Wildman–Crippen LogP) is 1.44. The van der Waals surface area contributed by atoms with Gasteiger partial charge in [0.15, 0.2) is 0 Å². The van der Waals surface area contributed by atoms with Crippen LogP contribution >= 0.6 is 0 Å². The minimum atomic E-state index is 0.634. The maximum Gasteiger partial charge on any atom is 0.0317 e. The number of likely N-dealkylation sites (tertiary alicyclic amines) is 1. The molecule has 1 heterocycles. The number of nitrogens with two attached hydrogens (primary N) is 2. The Morgan fingerprint density at radius 2 is 2.25 bits per heavy atom. The van der Waals surface area contributed by atoms with E-state index in [0.29, 0.717) is 12.0 Å². The molecule has 1 fully saturated rings. The van der Waals surface area contributed by atoms with Crippen LogP contribution in [0.3, 0.4) is 0 Å². The lowest BCUT2D eigenvalue weighted by atomic mass is 10.1. The largest absolute Gasteiger partial charge is 0.399 e. The number of anilines is 1. The Labute approximate surface area is 97.4 Å². The number of nitrogen functional groups attached to an aromatic ring is 1. The standard InChI is InChI=1S/C13H21N3/c1-10-5-12(7-14)9-16(10)8-11-3-2-4-13(15)6-11/h2-4,6,10,12H,5,7-9,14-15H2,1H3. The van der Waals surface area contributed by atoms with Gasteiger partial charge in [-0.3, -0.25) is 4.90 Å². The zero-order valence-electron chi connectivity index (χ0n) is 9.89. The molecule has 0 aliphatic carbocycles. The van der Waals surface area contributed by atoms with E-state index in [2.05, 4.69) is 24.0 Å². The highest BCUT2D eigenvalue weighted by Crippen LogP contribution is 2.24. The predicted molar refractivity (Wildman–Crippen MR) is 67.9 cm³/mol. The maximum atomic E-state index is 5.78. The van der Waals surface area contributed by atoms with Gasteiger partial charge in [-0.25, -0.2) is 0 Å². The molecule has 0 aromatic heterocycles. The third-order valence-corrected chi connectivity index (χ3v) is 3.46. The van der Waals surface area contributed by atoms with Gasteiger partial charge in [0.05, 0.1) is 0 Å². The summed E-state index contributed by atoms with van der Waals surface area (Å²) in [5.74, 6) is 0.663. The lowest BCUT2D eigenvalue weighted by Gasteiger charge is -2.21. The van der Waals surface area contributed by atoms with Crippen LogP contribution in [-0.4, -0.2) is 24.0 Å². The molecule has 0 bridgehead atoms. The van der Waals surface area contributed by atoms with Crippen LogP contribution in [-0.2, 0) is 6.54 Å². The Balaban J connectivity index is 2.00. The molecule has 2 rings (SSSR count). The Bertz CT molecular complexity index is 351. The molecule has 0 amide bonds. The molecule has 0 spiro atoms. The Hall–Kier alpha value is -1.06. The van der Waals surface area contributed by atoms with E-state index >= 15 is 0 Å². The fourth-order valence-corrected chi connectivity index (χ4v) is 2.53. The fraction of sp³-hybridized carbons (Fsp3) is 0.538. The lowest BCUT2D eigenvalue weighted by Crippen LogP contribution is -2.27. The van der Waals surface area contributed by atoms with Crippen LogP contribution in [0.1, 0.15) is 18.9 Å². The highest BCUT2D eigenvalue weighted by atomic mass is 15.2. The summed E-state index contributed by atoms with van der Waals surface area (Å²) in [6.07, 6.45) is 1.22.